The SMILES string of the molecule is O=C(COc1ccc(Cl)c(F)c1)NC12CCC(NC(=O)COc3cc(F)c4cn[nH]c4c3)(CC1)C(O)C2. The molecule has 1 aromatic heterocycles. The van der Waals surface area contributed by atoms with Crippen molar-refractivity contribution in [3.8, 4) is 11.5 Å². The van der Waals surface area contributed by atoms with Crippen LogP contribution in [0.15, 0.2) is 36.5 Å². The van der Waals surface area contributed by atoms with E-state index in [1.165, 1.54) is 24.4 Å². The third-order valence-corrected chi connectivity index (χ3v) is 7.53. The summed E-state index contributed by atoms with van der Waals surface area (Å²) in [7, 11) is 0. The summed E-state index contributed by atoms with van der Waals surface area (Å²) in [6, 6.07) is 6.65. The number of amides is 2. The number of fused-ring (bicyclic) bond motifs is 4. The van der Waals surface area contributed by atoms with Crippen molar-refractivity contribution >= 4 is 34.3 Å². The molecule has 0 aliphatic heterocycles. The van der Waals surface area contributed by atoms with Crippen molar-refractivity contribution in [1.29, 1.82) is 0 Å². The topological polar surface area (TPSA) is 126 Å². The largest absolute Gasteiger partial charge is 0.484 e. The van der Waals surface area contributed by atoms with Gasteiger partial charge < -0.3 is 25.2 Å². The smallest absolute Gasteiger partial charge is 0.258 e. The molecule has 1 unspecified atom stereocenters. The third-order valence-electron chi connectivity index (χ3n) is 7.23. The van der Waals surface area contributed by atoms with E-state index in [2.05, 4.69) is 20.8 Å². The van der Waals surface area contributed by atoms with E-state index in [9.17, 15) is 23.5 Å². The molecule has 3 aliphatic rings. The molecule has 2 amide bonds. The fourth-order valence-corrected chi connectivity index (χ4v) is 5.36. The number of rotatable bonds is 8. The van der Waals surface area contributed by atoms with Crippen LogP contribution in [0.25, 0.3) is 10.9 Å². The van der Waals surface area contributed by atoms with Crippen molar-refractivity contribution in [2.75, 3.05) is 13.2 Å². The molecular formula is C25H25ClF2N4O5. The lowest BCUT2D eigenvalue weighted by Gasteiger charge is -2.56. The number of hydrogen-bond acceptors (Lipinski definition) is 6. The molecule has 2 bridgehead atoms. The second-order valence-electron chi connectivity index (χ2n) is 9.64. The molecule has 3 fully saturated rings. The van der Waals surface area contributed by atoms with Gasteiger partial charge in [0.05, 0.1) is 33.8 Å². The molecule has 6 rings (SSSR count). The van der Waals surface area contributed by atoms with Crippen LogP contribution in [-0.4, -0.2) is 57.5 Å². The van der Waals surface area contributed by atoms with Crippen LogP contribution >= 0.6 is 11.6 Å². The van der Waals surface area contributed by atoms with Crippen molar-refractivity contribution in [2.24, 2.45) is 0 Å². The Morgan fingerprint density at radius 1 is 1.03 bits per heavy atom. The number of hydrogen-bond donors (Lipinski definition) is 4. The van der Waals surface area contributed by atoms with Gasteiger partial charge in [-0.25, -0.2) is 8.78 Å². The molecule has 1 heterocycles. The Balaban J connectivity index is 1.13. The van der Waals surface area contributed by atoms with E-state index in [-0.39, 0.29) is 36.2 Å². The number of ether oxygens (including phenoxy) is 2. The molecule has 9 nitrogen and oxygen atoms in total. The molecule has 12 heteroatoms. The summed E-state index contributed by atoms with van der Waals surface area (Å²) in [4.78, 5) is 25.2. The summed E-state index contributed by atoms with van der Waals surface area (Å²) in [5.41, 5.74) is -0.999. The maximum atomic E-state index is 14.1. The summed E-state index contributed by atoms with van der Waals surface area (Å²) < 4.78 is 38.5. The fourth-order valence-electron chi connectivity index (χ4n) is 5.24. The number of carbonyl (C=O) groups excluding carboxylic acids is 2. The number of aliphatic hydroxyl groups is 1. The van der Waals surface area contributed by atoms with Crippen LogP contribution in [0.3, 0.4) is 0 Å². The highest BCUT2D eigenvalue weighted by Gasteiger charge is 2.55. The Morgan fingerprint density at radius 2 is 1.70 bits per heavy atom. The first kappa shape index (κ1) is 25.2. The average Bonchev–Trinajstić information content (AvgIpc) is 3.34. The Kier molecular flexibility index (Phi) is 6.67. The zero-order valence-corrected chi connectivity index (χ0v) is 20.4. The van der Waals surface area contributed by atoms with Crippen LogP contribution in [0.2, 0.25) is 5.02 Å². The minimum atomic E-state index is -0.885. The Morgan fingerprint density at radius 3 is 2.41 bits per heavy atom. The quantitative estimate of drug-likeness (QED) is 0.352. The van der Waals surface area contributed by atoms with Gasteiger partial charge in [0, 0.05) is 23.7 Å². The molecule has 3 saturated carbocycles. The third kappa shape index (κ3) is 5.19. The highest BCUT2D eigenvalue weighted by Crippen LogP contribution is 2.47. The first-order chi connectivity index (χ1) is 17.7. The molecule has 0 spiro atoms. The van der Waals surface area contributed by atoms with Gasteiger partial charge in [-0.3, -0.25) is 14.7 Å². The molecule has 0 radical (unpaired) electrons. The lowest BCUT2D eigenvalue weighted by atomic mass is 9.60. The van der Waals surface area contributed by atoms with Gasteiger partial charge >= 0.3 is 0 Å². The number of aromatic amines is 1. The van der Waals surface area contributed by atoms with E-state index in [0.29, 0.717) is 36.6 Å². The van der Waals surface area contributed by atoms with Gasteiger partial charge in [-0.2, -0.15) is 5.10 Å². The molecule has 3 aliphatic carbocycles. The van der Waals surface area contributed by atoms with Gasteiger partial charge in [0.25, 0.3) is 11.8 Å². The predicted molar refractivity (Wildman–Crippen MR) is 129 cm³/mol. The minimum Gasteiger partial charge on any atom is -0.484 e. The van der Waals surface area contributed by atoms with Gasteiger partial charge in [0.2, 0.25) is 0 Å². The number of carbonyl (C=O) groups is 2. The van der Waals surface area contributed by atoms with E-state index in [1.54, 1.807) is 6.07 Å². The average molecular weight is 535 g/mol. The minimum absolute atomic E-state index is 0.0410. The summed E-state index contributed by atoms with van der Waals surface area (Å²) in [6.07, 6.45) is 2.75. The number of benzene rings is 2. The lowest BCUT2D eigenvalue weighted by molar-refractivity contribution is -0.137. The van der Waals surface area contributed by atoms with Crippen LogP contribution in [0.4, 0.5) is 8.78 Å². The highest BCUT2D eigenvalue weighted by molar-refractivity contribution is 6.30. The molecular weight excluding hydrogens is 510 g/mol. The standard InChI is InChI=1S/C25H25ClF2N4O5/c26-17-2-1-14(7-19(17)28)36-12-22(34)30-24-3-5-25(6-4-24,21(33)10-24)31-23(35)13-37-15-8-18(27)16-11-29-32-20(16)9-15/h1-2,7-9,11,21,33H,3-6,10,12-13H2,(H,29,32)(H,30,34)(H,31,35). The number of H-pyrrole nitrogens is 1. The number of nitrogens with zero attached hydrogens (tertiary/aromatic N) is 1. The Labute approximate surface area is 215 Å². The van der Waals surface area contributed by atoms with Crippen molar-refractivity contribution in [3.63, 3.8) is 0 Å². The molecule has 2 aromatic carbocycles. The molecule has 196 valence electrons. The van der Waals surface area contributed by atoms with Crippen LogP contribution in [0, 0.1) is 11.6 Å². The van der Waals surface area contributed by atoms with Gasteiger partial charge in [-0.1, -0.05) is 11.6 Å². The molecule has 37 heavy (non-hydrogen) atoms. The monoisotopic (exact) mass is 534 g/mol. The van der Waals surface area contributed by atoms with Crippen LogP contribution in [0.1, 0.15) is 32.1 Å². The summed E-state index contributed by atoms with van der Waals surface area (Å²) in [5.74, 6) is -1.63. The maximum Gasteiger partial charge on any atom is 0.258 e. The number of aliphatic hydroxyl groups excluding tert-OH is 1. The lowest BCUT2D eigenvalue weighted by Crippen LogP contribution is -2.70. The van der Waals surface area contributed by atoms with Gasteiger partial charge in [-0.05, 0) is 44.2 Å². The molecule has 1 atom stereocenters. The molecule has 0 saturated heterocycles. The zero-order valence-electron chi connectivity index (χ0n) is 19.7. The van der Waals surface area contributed by atoms with Gasteiger partial charge in [0.15, 0.2) is 13.2 Å². The maximum absolute atomic E-state index is 14.1. The molecule has 3 aromatic rings. The summed E-state index contributed by atoms with van der Waals surface area (Å²) in [5, 5.41) is 23.5. The Bertz CT molecular complexity index is 1340. The highest BCUT2D eigenvalue weighted by atomic mass is 35.5. The second kappa shape index (κ2) is 9.79. The van der Waals surface area contributed by atoms with E-state index < -0.39 is 40.6 Å². The zero-order chi connectivity index (χ0) is 26.2. The first-order valence-electron chi connectivity index (χ1n) is 11.8. The summed E-state index contributed by atoms with van der Waals surface area (Å²) in [6.45, 7) is -0.666. The van der Waals surface area contributed by atoms with Crippen molar-refractivity contribution < 1.29 is 33.0 Å². The van der Waals surface area contributed by atoms with E-state index in [0.717, 1.165) is 6.07 Å². The number of halogens is 3. The summed E-state index contributed by atoms with van der Waals surface area (Å²) >= 11 is 5.65. The second-order valence-corrected chi connectivity index (χ2v) is 10.0. The Hall–Kier alpha value is -3.44. The van der Waals surface area contributed by atoms with Crippen LogP contribution in [0.5, 0.6) is 11.5 Å². The molecule has 4 N–H and O–H groups in total. The van der Waals surface area contributed by atoms with Crippen molar-refractivity contribution in [1.82, 2.24) is 20.8 Å². The number of aromatic nitrogens is 2. The predicted octanol–water partition coefficient (Wildman–Crippen LogP) is 3.00. The van der Waals surface area contributed by atoms with Gasteiger partial charge in [-0.15, -0.1) is 0 Å². The number of nitrogens with one attached hydrogen (secondary N) is 3. The van der Waals surface area contributed by atoms with E-state index >= 15 is 0 Å². The van der Waals surface area contributed by atoms with Gasteiger partial charge in [0.1, 0.15) is 23.1 Å². The van der Waals surface area contributed by atoms with Crippen molar-refractivity contribution in [3.05, 3.63) is 53.2 Å². The first-order valence-corrected chi connectivity index (χ1v) is 12.2. The van der Waals surface area contributed by atoms with Crippen LogP contribution in [-0.2, 0) is 9.59 Å². The van der Waals surface area contributed by atoms with E-state index in [4.69, 9.17) is 21.1 Å². The fraction of sp³-hybridized carbons (Fsp3) is 0.400. The van der Waals surface area contributed by atoms with E-state index in [1.807, 2.05) is 0 Å². The van der Waals surface area contributed by atoms with Crippen molar-refractivity contribution in [2.45, 2.75) is 49.3 Å². The van der Waals surface area contributed by atoms with Crippen LogP contribution < -0.4 is 20.1 Å². The normalized spacial score (nSPS) is 24.6.